The normalized spacial score (nSPS) is 26.4. The van der Waals surface area contributed by atoms with E-state index in [-0.39, 0.29) is 18.1 Å². The van der Waals surface area contributed by atoms with E-state index in [1.807, 2.05) is 17.9 Å². The Morgan fingerprint density at radius 1 is 1.45 bits per heavy atom. The molecule has 2 aliphatic rings. The maximum absolute atomic E-state index is 12.6. The molecule has 0 spiro atoms. The van der Waals surface area contributed by atoms with Crippen LogP contribution in [0.1, 0.15) is 43.4 Å². The highest BCUT2D eigenvalue weighted by Gasteiger charge is 2.29. The quantitative estimate of drug-likeness (QED) is 0.932. The third kappa shape index (κ3) is 3.33. The number of hydrogen-bond acceptors (Lipinski definition) is 3. The number of hydrogen-bond donors (Lipinski definition) is 1. The van der Waals surface area contributed by atoms with Crippen LogP contribution >= 0.6 is 0 Å². The van der Waals surface area contributed by atoms with Crippen LogP contribution in [0.5, 0.6) is 0 Å². The van der Waals surface area contributed by atoms with Crippen LogP contribution < -0.4 is 5.73 Å². The van der Waals surface area contributed by atoms with Gasteiger partial charge in [0, 0.05) is 19.1 Å². The Balaban J connectivity index is 1.65. The minimum Gasteiger partial charge on any atom is -0.373 e. The third-order valence-electron chi connectivity index (χ3n) is 5.01. The Bertz CT molecular complexity index is 530. The van der Waals surface area contributed by atoms with Crippen LogP contribution in [0.15, 0.2) is 24.3 Å². The molecule has 1 aromatic rings. The molecule has 3 atom stereocenters. The summed E-state index contributed by atoms with van der Waals surface area (Å²) < 4.78 is 5.87. The minimum absolute atomic E-state index is 0.0897. The number of rotatable bonds is 3. The number of carbonyl (C=O) groups excluding carboxylic acids is 1. The maximum atomic E-state index is 12.6. The Labute approximate surface area is 132 Å². The molecule has 2 N–H and O–H groups in total. The van der Waals surface area contributed by atoms with Crippen molar-refractivity contribution >= 4 is 5.91 Å². The molecule has 4 nitrogen and oxygen atoms in total. The first-order valence-corrected chi connectivity index (χ1v) is 8.38. The molecule has 0 aromatic heterocycles. The van der Waals surface area contributed by atoms with Crippen LogP contribution in [0.3, 0.4) is 0 Å². The van der Waals surface area contributed by atoms with E-state index in [2.05, 4.69) is 18.2 Å². The van der Waals surface area contributed by atoms with E-state index < -0.39 is 0 Å². The summed E-state index contributed by atoms with van der Waals surface area (Å²) in [5.74, 6) is 0.629. The molecule has 22 heavy (non-hydrogen) atoms. The van der Waals surface area contributed by atoms with Crippen LogP contribution in [0.25, 0.3) is 0 Å². The van der Waals surface area contributed by atoms with E-state index >= 15 is 0 Å². The van der Waals surface area contributed by atoms with Crippen molar-refractivity contribution < 1.29 is 9.53 Å². The number of ether oxygens (including phenoxy) is 1. The standard InChI is InChI=1S/C18H26N2O2/c1-13(19)15-6-4-9-20(12-15)18(21)11-17-16-7-3-2-5-14(16)8-10-22-17/h2-3,5,7,13,15,17H,4,6,8-12,19H2,1H3/t13-,15-,17+/m0/s1. The molecule has 2 heterocycles. The molecule has 1 amide bonds. The molecule has 0 bridgehead atoms. The summed E-state index contributed by atoms with van der Waals surface area (Å²) in [4.78, 5) is 14.6. The smallest absolute Gasteiger partial charge is 0.225 e. The van der Waals surface area contributed by atoms with Gasteiger partial charge >= 0.3 is 0 Å². The second-order valence-electron chi connectivity index (χ2n) is 6.61. The Hall–Kier alpha value is -1.39. The number of piperidine rings is 1. The van der Waals surface area contributed by atoms with Gasteiger partial charge in [-0.25, -0.2) is 0 Å². The summed E-state index contributed by atoms with van der Waals surface area (Å²) in [5, 5.41) is 0. The molecule has 1 fully saturated rings. The van der Waals surface area contributed by atoms with Crippen LogP contribution in [0.2, 0.25) is 0 Å². The number of amides is 1. The van der Waals surface area contributed by atoms with Gasteiger partial charge in [-0.2, -0.15) is 0 Å². The highest BCUT2D eigenvalue weighted by atomic mass is 16.5. The second-order valence-corrected chi connectivity index (χ2v) is 6.61. The summed E-state index contributed by atoms with van der Waals surface area (Å²) in [6.07, 6.45) is 3.48. The van der Waals surface area contributed by atoms with E-state index in [0.29, 0.717) is 18.9 Å². The second kappa shape index (κ2) is 6.80. The maximum Gasteiger partial charge on any atom is 0.225 e. The summed E-state index contributed by atoms with van der Waals surface area (Å²) in [6.45, 7) is 4.40. The minimum atomic E-state index is -0.0897. The van der Waals surface area contributed by atoms with Gasteiger partial charge in [0.25, 0.3) is 0 Å². The van der Waals surface area contributed by atoms with E-state index in [1.165, 1.54) is 11.1 Å². The zero-order valence-corrected chi connectivity index (χ0v) is 13.3. The van der Waals surface area contributed by atoms with E-state index in [0.717, 1.165) is 32.4 Å². The van der Waals surface area contributed by atoms with Crippen molar-refractivity contribution in [3.63, 3.8) is 0 Å². The third-order valence-corrected chi connectivity index (χ3v) is 5.01. The fraction of sp³-hybridized carbons (Fsp3) is 0.611. The number of benzene rings is 1. The number of nitrogens with two attached hydrogens (primary N) is 1. The predicted octanol–water partition coefficient (Wildman–Crippen LogP) is 2.28. The van der Waals surface area contributed by atoms with Crippen molar-refractivity contribution in [2.45, 2.75) is 44.8 Å². The molecular formula is C18H26N2O2. The highest BCUT2D eigenvalue weighted by Crippen LogP contribution is 2.30. The van der Waals surface area contributed by atoms with Gasteiger partial charge in [0.05, 0.1) is 19.1 Å². The molecule has 3 rings (SSSR count). The average Bonchev–Trinajstić information content (AvgIpc) is 2.55. The first kappa shape index (κ1) is 15.5. The van der Waals surface area contributed by atoms with Crippen molar-refractivity contribution in [3.8, 4) is 0 Å². The van der Waals surface area contributed by atoms with Crippen LogP contribution in [-0.4, -0.2) is 36.5 Å². The number of fused-ring (bicyclic) bond motifs is 1. The van der Waals surface area contributed by atoms with Crippen LogP contribution in [0.4, 0.5) is 0 Å². The van der Waals surface area contributed by atoms with Crippen molar-refractivity contribution in [1.29, 1.82) is 0 Å². The van der Waals surface area contributed by atoms with Gasteiger partial charge in [0.2, 0.25) is 5.91 Å². The number of nitrogens with zero attached hydrogens (tertiary/aromatic N) is 1. The monoisotopic (exact) mass is 302 g/mol. The largest absolute Gasteiger partial charge is 0.373 e. The molecule has 120 valence electrons. The summed E-state index contributed by atoms with van der Waals surface area (Å²) >= 11 is 0. The SMILES string of the molecule is C[C@H](N)[C@H]1CCCN(C(=O)C[C@H]2OCCc3ccccc32)C1. The van der Waals surface area contributed by atoms with Crippen molar-refractivity contribution in [2.75, 3.05) is 19.7 Å². The van der Waals surface area contributed by atoms with Crippen molar-refractivity contribution in [2.24, 2.45) is 11.7 Å². The van der Waals surface area contributed by atoms with Gasteiger partial charge < -0.3 is 15.4 Å². The van der Waals surface area contributed by atoms with E-state index in [9.17, 15) is 4.79 Å². The Kier molecular flexibility index (Phi) is 4.79. The summed E-state index contributed by atoms with van der Waals surface area (Å²) in [5.41, 5.74) is 8.52. The lowest BCUT2D eigenvalue weighted by Crippen LogP contribution is -2.45. The van der Waals surface area contributed by atoms with Gasteiger partial charge in [0.15, 0.2) is 0 Å². The molecular weight excluding hydrogens is 276 g/mol. The van der Waals surface area contributed by atoms with Gasteiger partial charge in [-0.3, -0.25) is 4.79 Å². The fourth-order valence-electron chi connectivity index (χ4n) is 3.60. The molecule has 4 heteroatoms. The highest BCUT2D eigenvalue weighted by molar-refractivity contribution is 5.77. The molecule has 1 aromatic carbocycles. The molecule has 0 unspecified atom stereocenters. The summed E-state index contributed by atoms with van der Waals surface area (Å²) in [6, 6.07) is 8.47. The topological polar surface area (TPSA) is 55.6 Å². The lowest BCUT2D eigenvalue weighted by molar-refractivity contribution is -0.136. The average molecular weight is 302 g/mol. The lowest BCUT2D eigenvalue weighted by atomic mass is 9.91. The molecule has 0 aliphatic carbocycles. The van der Waals surface area contributed by atoms with Crippen molar-refractivity contribution in [1.82, 2.24) is 4.90 Å². The predicted molar refractivity (Wildman–Crippen MR) is 86.4 cm³/mol. The summed E-state index contributed by atoms with van der Waals surface area (Å²) in [7, 11) is 0. The molecule has 2 aliphatic heterocycles. The first-order chi connectivity index (χ1) is 10.6. The van der Waals surface area contributed by atoms with Gasteiger partial charge in [-0.15, -0.1) is 0 Å². The first-order valence-electron chi connectivity index (χ1n) is 8.38. The number of likely N-dealkylation sites (tertiary alicyclic amines) is 1. The Morgan fingerprint density at radius 2 is 2.27 bits per heavy atom. The van der Waals surface area contributed by atoms with Gasteiger partial charge in [0.1, 0.15) is 0 Å². The van der Waals surface area contributed by atoms with Gasteiger partial charge in [-0.05, 0) is 43.2 Å². The zero-order chi connectivity index (χ0) is 15.5. The molecule has 1 saturated heterocycles. The van der Waals surface area contributed by atoms with Crippen LogP contribution in [0, 0.1) is 5.92 Å². The van der Waals surface area contributed by atoms with E-state index in [4.69, 9.17) is 10.5 Å². The molecule has 0 radical (unpaired) electrons. The van der Waals surface area contributed by atoms with Gasteiger partial charge in [-0.1, -0.05) is 24.3 Å². The zero-order valence-electron chi connectivity index (χ0n) is 13.3. The fourth-order valence-corrected chi connectivity index (χ4v) is 3.60. The van der Waals surface area contributed by atoms with E-state index in [1.54, 1.807) is 0 Å². The number of carbonyl (C=O) groups is 1. The molecule has 0 saturated carbocycles. The van der Waals surface area contributed by atoms with Crippen molar-refractivity contribution in [3.05, 3.63) is 35.4 Å². The lowest BCUT2D eigenvalue weighted by Gasteiger charge is -2.36. The Morgan fingerprint density at radius 3 is 3.09 bits per heavy atom. The van der Waals surface area contributed by atoms with Crippen LogP contribution in [-0.2, 0) is 16.0 Å².